The molecule has 0 saturated carbocycles. The van der Waals surface area contributed by atoms with Crippen molar-refractivity contribution in [2.75, 3.05) is 38.0 Å². The van der Waals surface area contributed by atoms with Crippen molar-refractivity contribution in [2.24, 2.45) is 0 Å². The van der Waals surface area contributed by atoms with Gasteiger partial charge in [-0.05, 0) is 50.5 Å². The number of aryl methyl sites for hydroxylation is 1. The summed E-state index contributed by atoms with van der Waals surface area (Å²) < 4.78 is 15.0. The van der Waals surface area contributed by atoms with Crippen LogP contribution in [0.1, 0.15) is 41.4 Å². The third kappa shape index (κ3) is 5.67. The minimum absolute atomic E-state index is 0.0717. The second kappa shape index (κ2) is 11.0. The predicted molar refractivity (Wildman–Crippen MR) is 142 cm³/mol. The van der Waals surface area contributed by atoms with Crippen LogP contribution in [-0.2, 0) is 4.79 Å². The molecule has 8 nitrogen and oxygen atoms in total. The summed E-state index contributed by atoms with van der Waals surface area (Å²) in [5.74, 6) is 0.0396. The first-order valence-corrected chi connectivity index (χ1v) is 13.0. The van der Waals surface area contributed by atoms with Gasteiger partial charge in [0.25, 0.3) is 5.91 Å². The number of alkyl halides is 1. The first-order valence-electron chi connectivity index (χ1n) is 12.6. The van der Waals surface area contributed by atoms with Crippen molar-refractivity contribution in [1.29, 1.82) is 0 Å². The van der Waals surface area contributed by atoms with Gasteiger partial charge in [0.15, 0.2) is 0 Å². The monoisotopic (exact) mass is 524 g/mol. The van der Waals surface area contributed by atoms with Gasteiger partial charge in [-0.2, -0.15) is 0 Å². The number of para-hydroxylation sites is 1. The van der Waals surface area contributed by atoms with E-state index in [1.807, 2.05) is 33.4 Å². The molecule has 3 aromatic rings. The molecule has 1 N–H and O–H groups in total. The average molecular weight is 525 g/mol. The molecule has 0 radical (unpaired) electrons. The van der Waals surface area contributed by atoms with Gasteiger partial charge >= 0.3 is 0 Å². The number of nitrogens with one attached hydrogen (secondary N) is 1. The minimum Gasteiger partial charge on any atom is -0.337 e. The molecule has 1 aromatic carbocycles. The number of hydrogen-bond donors (Lipinski definition) is 1. The fraction of sp³-hybridized carbons (Fsp3) is 0.407. The number of benzene rings is 1. The highest BCUT2D eigenvalue weighted by molar-refractivity contribution is 6.35. The number of rotatable bonds is 6. The lowest BCUT2D eigenvalue weighted by atomic mass is 10.1. The molecule has 4 heterocycles. The Morgan fingerprint density at radius 1 is 1.22 bits per heavy atom. The highest BCUT2D eigenvalue weighted by Crippen LogP contribution is 2.34. The smallest absolute Gasteiger partial charge is 0.258 e. The predicted octanol–water partition coefficient (Wildman–Crippen LogP) is 4.41. The van der Waals surface area contributed by atoms with Crippen molar-refractivity contribution >= 4 is 40.4 Å². The summed E-state index contributed by atoms with van der Waals surface area (Å²) >= 11 is 6.63. The summed E-state index contributed by atoms with van der Waals surface area (Å²) in [5.41, 5.74) is 2.64. The van der Waals surface area contributed by atoms with Crippen LogP contribution in [0.4, 0.5) is 10.3 Å². The minimum atomic E-state index is -0.760. The summed E-state index contributed by atoms with van der Waals surface area (Å²) in [6, 6.07) is 8.76. The normalized spacial score (nSPS) is 19.2. The number of aromatic nitrogens is 3. The molecular formula is C27H30ClFN6O2. The fourth-order valence-electron chi connectivity index (χ4n) is 5.01. The zero-order valence-corrected chi connectivity index (χ0v) is 21.5. The number of nitrogens with zero attached hydrogens (tertiary/aromatic N) is 5. The van der Waals surface area contributed by atoms with Crippen molar-refractivity contribution < 1.29 is 14.0 Å². The standard InChI is InChI=1S/C27H30ClFN6O2/c1-18-14-19(10-11-30-18)26(37)32-27-31-23-8-4-7-22(28)25(23)35(27)21-6-2-3-13-34(17-21)24(36)9-5-12-33-15-20(29)16-33/h4-5,7-11,14,20-21H,2-3,6,12-13,15-17H2,1H3,(H,31,32,37)/b9-5+/t21-/m1/s1. The van der Waals surface area contributed by atoms with Gasteiger partial charge in [-0.3, -0.25) is 24.8 Å². The zero-order valence-electron chi connectivity index (χ0n) is 20.7. The number of hydrogen-bond acceptors (Lipinski definition) is 5. The van der Waals surface area contributed by atoms with Gasteiger partial charge in [-0.15, -0.1) is 0 Å². The van der Waals surface area contributed by atoms with Gasteiger partial charge < -0.3 is 9.47 Å². The maximum Gasteiger partial charge on any atom is 0.258 e. The van der Waals surface area contributed by atoms with Crippen LogP contribution >= 0.6 is 11.6 Å². The molecule has 2 fully saturated rings. The van der Waals surface area contributed by atoms with Crippen molar-refractivity contribution in [1.82, 2.24) is 24.3 Å². The fourth-order valence-corrected chi connectivity index (χ4v) is 5.27. The quantitative estimate of drug-likeness (QED) is 0.483. The van der Waals surface area contributed by atoms with E-state index in [1.165, 1.54) is 0 Å². The molecule has 0 aliphatic carbocycles. The molecule has 2 aliphatic heterocycles. The Bertz CT molecular complexity index is 1340. The van der Waals surface area contributed by atoms with Crippen LogP contribution in [-0.4, -0.2) is 75.0 Å². The van der Waals surface area contributed by atoms with Crippen molar-refractivity contribution in [3.05, 3.63) is 65.0 Å². The topological polar surface area (TPSA) is 83.4 Å². The Labute approximate surface area is 220 Å². The molecule has 1 atom stereocenters. The highest BCUT2D eigenvalue weighted by atomic mass is 35.5. The summed E-state index contributed by atoms with van der Waals surface area (Å²) in [5, 5.41) is 3.50. The summed E-state index contributed by atoms with van der Waals surface area (Å²) in [7, 11) is 0. The number of likely N-dealkylation sites (tertiary alicyclic amines) is 2. The molecule has 5 rings (SSSR count). The Kier molecular flexibility index (Phi) is 7.53. The van der Waals surface area contributed by atoms with E-state index in [-0.39, 0.29) is 17.9 Å². The molecule has 10 heteroatoms. The molecule has 2 amide bonds. The lowest BCUT2D eigenvalue weighted by Gasteiger charge is -2.33. The van der Waals surface area contributed by atoms with Crippen LogP contribution < -0.4 is 5.32 Å². The summed E-state index contributed by atoms with van der Waals surface area (Å²) in [4.78, 5) is 38.8. The number of carbonyl (C=O) groups excluding carboxylic acids is 2. The lowest BCUT2D eigenvalue weighted by molar-refractivity contribution is -0.126. The van der Waals surface area contributed by atoms with Crippen LogP contribution in [0.3, 0.4) is 0 Å². The van der Waals surface area contributed by atoms with E-state index in [2.05, 4.69) is 10.3 Å². The van der Waals surface area contributed by atoms with Gasteiger partial charge in [-0.1, -0.05) is 23.7 Å². The largest absolute Gasteiger partial charge is 0.337 e. The maximum atomic E-state index is 13.1. The molecular weight excluding hydrogens is 495 g/mol. The molecule has 0 spiro atoms. The van der Waals surface area contributed by atoms with Crippen LogP contribution in [0.5, 0.6) is 0 Å². The Morgan fingerprint density at radius 3 is 2.84 bits per heavy atom. The molecule has 194 valence electrons. The number of pyridine rings is 1. The van der Waals surface area contributed by atoms with Crippen molar-refractivity contribution in [2.45, 2.75) is 38.4 Å². The zero-order chi connectivity index (χ0) is 25.9. The summed E-state index contributed by atoms with van der Waals surface area (Å²) in [6.07, 6.45) is 6.85. The van der Waals surface area contributed by atoms with Crippen LogP contribution in [0.2, 0.25) is 5.02 Å². The van der Waals surface area contributed by atoms with Gasteiger partial charge in [-0.25, -0.2) is 9.37 Å². The third-order valence-electron chi connectivity index (χ3n) is 6.91. The molecule has 2 saturated heterocycles. The van der Waals surface area contributed by atoms with Crippen LogP contribution in [0.15, 0.2) is 48.7 Å². The number of carbonyl (C=O) groups is 2. The van der Waals surface area contributed by atoms with Crippen LogP contribution in [0, 0.1) is 6.92 Å². The van der Waals surface area contributed by atoms with Gasteiger partial charge in [0.05, 0.1) is 22.1 Å². The van der Waals surface area contributed by atoms with Crippen LogP contribution in [0.25, 0.3) is 11.0 Å². The van der Waals surface area contributed by atoms with Crippen molar-refractivity contribution in [3.63, 3.8) is 0 Å². The van der Waals surface area contributed by atoms with E-state index in [0.717, 1.165) is 30.5 Å². The number of imidazole rings is 1. The number of fused-ring (bicyclic) bond motifs is 1. The second-order valence-corrected chi connectivity index (χ2v) is 10.1. The van der Waals surface area contributed by atoms with E-state index < -0.39 is 6.17 Å². The molecule has 2 aliphatic rings. The molecule has 0 bridgehead atoms. The summed E-state index contributed by atoms with van der Waals surface area (Å²) in [6.45, 7) is 4.36. The Balaban J connectivity index is 1.41. The maximum absolute atomic E-state index is 13.1. The van der Waals surface area contributed by atoms with E-state index in [1.54, 1.807) is 36.5 Å². The molecule has 37 heavy (non-hydrogen) atoms. The lowest BCUT2D eigenvalue weighted by Crippen LogP contribution is -2.48. The van der Waals surface area contributed by atoms with Gasteiger partial charge in [0, 0.05) is 56.3 Å². The number of halogens is 2. The average Bonchev–Trinajstić information content (AvgIpc) is 3.04. The van der Waals surface area contributed by atoms with E-state index in [0.29, 0.717) is 54.8 Å². The third-order valence-corrected chi connectivity index (χ3v) is 7.21. The first-order chi connectivity index (χ1) is 17.9. The van der Waals surface area contributed by atoms with Gasteiger partial charge in [0.2, 0.25) is 11.9 Å². The second-order valence-electron chi connectivity index (χ2n) is 9.71. The van der Waals surface area contributed by atoms with Gasteiger partial charge in [0.1, 0.15) is 6.17 Å². The highest BCUT2D eigenvalue weighted by Gasteiger charge is 2.28. The number of anilines is 1. The molecule has 2 aromatic heterocycles. The Morgan fingerprint density at radius 2 is 2.05 bits per heavy atom. The molecule has 0 unspecified atom stereocenters. The SMILES string of the molecule is Cc1cc(C(=O)Nc2nc3cccc(Cl)c3n2[C@@H]2CCCCN(C(=O)/C=C/CN3CC(F)C3)C2)ccn1. The Hall–Kier alpha value is -3.30. The van der Waals surface area contributed by atoms with E-state index in [4.69, 9.17) is 16.6 Å². The van der Waals surface area contributed by atoms with E-state index in [9.17, 15) is 14.0 Å². The number of amides is 2. The van der Waals surface area contributed by atoms with Crippen molar-refractivity contribution in [3.8, 4) is 0 Å². The van der Waals surface area contributed by atoms with E-state index >= 15 is 0 Å². The first kappa shape index (κ1) is 25.4.